The van der Waals surface area contributed by atoms with Crippen molar-refractivity contribution in [1.82, 2.24) is 0 Å². The van der Waals surface area contributed by atoms with Crippen LogP contribution in [-0.2, 0) is 4.74 Å². The molecule has 1 aliphatic heterocycles. The van der Waals surface area contributed by atoms with E-state index in [1.807, 2.05) is 32.9 Å². The first-order valence-corrected chi connectivity index (χ1v) is 8.14. The molecule has 1 amide bonds. The van der Waals surface area contributed by atoms with Crippen LogP contribution in [0.25, 0.3) is 0 Å². The molecule has 4 heteroatoms. The van der Waals surface area contributed by atoms with Gasteiger partial charge < -0.3 is 4.74 Å². The summed E-state index contributed by atoms with van der Waals surface area (Å²) in [5.41, 5.74) is 1.35. The third kappa shape index (κ3) is 3.25. The van der Waals surface area contributed by atoms with Crippen LogP contribution in [0.1, 0.15) is 59.4 Å². The number of ether oxygens (including phenoxy) is 1. The van der Waals surface area contributed by atoms with E-state index in [9.17, 15) is 4.79 Å². The number of carbonyl (C=O) groups is 1. The summed E-state index contributed by atoms with van der Waals surface area (Å²) in [6.45, 7) is 12.1. The molecule has 1 heterocycles. The number of carbonyl (C=O) groups excluding carboxylic acids is 1. The lowest BCUT2D eigenvalue weighted by Gasteiger charge is -2.46. The third-order valence-corrected chi connectivity index (χ3v) is 4.40. The number of rotatable bonds is 0. The van der Waals surface area contributed by atoms with Gasteiger partial charge in [-0.15, -0.1) is 0 Å². The third-order valence-electron chi connectivity index (χ3n) is 3.76. The molecule has 0 saturated carbocycles. The van der Waals surface area contributed by atoms with Gasteiger partial charge in [0.1, 0.15) is 5.60 Å². The first kappa shape index (κ1) is 16.3. The molecule has 0 N–H and O–H groups in total. The summed E-state index contributed by atoms with van der Waals surface area (Å²) < 4.78 is 6.56. The predicted octanol–water partition coefficient (Wildman–Crippen LogP) is 5.48. The minimum absolute atomic E-state index is 0.279. The second kappa shape index (κ2) is 5.31. The Morgan fingerprint density at radius 3 is 2.57 bits per heavy atom. The average Bonchev–Trinajstić information content (AvgIpc) is 2.26. The minimum atomic E-state index is -0.502. The van der Waals surface area contributed by atoms with Gasteiger partial charge in [0.25, 0.3) is 0 Å². The lowest BCUT2D eigenvalue weighted by Crippen LogP contribution is -2.53. The molecular weight excluding hydrogens is 330 g/mol. The fourth-order valence-electron chi connectivity index (χ4n) is 3.06. The van der Waals surface area contributed by atoms with Crippen molar-refractivity contribution in [3.63, 3.8) is 0 Å². The van der Waals surface area contributed by atoms with E-state index in [2.05, 4.69) is 42.8 Å². The highest BCUT2D eigenvalue weighted by atomic mass is 79.9. The predicted molar refractivity (Wildman–Crippen MR) is 90.0 cm³/mol. The number of hydrogen-bond donors (Lipinski definition) is 0. The van der Waals surface area contributed by atoms with E-state index in [0.29, 0.717) is 5.92 Å². The monoisotopic (exact) mass is 353 g/mol. The molecule has 0 aromatic heterocycles. The standard InChI is InChI=1S/C17H24BrNO2/c1-11-10-17(5,6)19(15(20)21-16(2,3)4)14-12(11)8-7-9-13(14)18/h7-9,11H,10H2,1-6H3. The highest BCUT2D eigenvalue weighted by molar-refractivity contribution is 9.10. The van der Waals surface area contributed by atoms with Crippen LogP contribution in [0, 0.1) is 0 Å². The van der Waals surface area contributed by atoms with Crippen LogP contribution >= 0.6 is 15.9 Å². The Morgan fingerprint density at radius 1 is 1.38 bits per heavy atom. The number of fused-ring (bicyclic) bond motifs is 1. The molecule has 116 valence electrons. The van der Waals surface area contributed by atoms with Gasteiger partial charge in [-0.25, -0.2) is 4.79 Å². The fraction of sp³-hybridized carbons (Fsp3) is 0.588. The number of nitrogens with zero attached hydrogens (tertiary/aromatic N) is 1. The van der Waals surface area contributed by atoms with Crippen molar-refractivity contribution in [1.29, 1.82) is 0 Å². The van der Waals surface area contributed by atoms with Gasteiger partial charge in [-0.3, -0.25) is 4.90 Å². The molecule has 0 fully saturated rings. The van der Waals surface area contributed by atoms with E-state index in [-0.39, 0.29) is 11.6 Å². The van der Waals surface area contributed by atoms with Crippen molar-refractivity contribution in [2.45, 2.75) is 65.0 Å². The Balaban J connectivity index is 2.53. The van der Waals surface area contributed by atoms with E-state index < -0.39 is 5.60 Å². The molecule has 0 bridgehead atoms. The first-order valence-electron chi connectivity index (χ1n) is 7.34. The van der Waals surface area contributed by atoms with Crippen LogP contribution in [-0.4, -0.2) is 17.2 Å². The average molecular weight is 354 g/mol. The number of halogens is 1. The highest BCUT2D eigenvalue weighted by Gasteiger charge is 2.42. The summed E-state index contributed by atoms with van der Waals surface area (Å²) in [6, 6.07) is 6.09. The van der Waals surface area contributed by atoms with Crippen LogP contribution in [0.3, 0.4) is 0 Å². The molecule has 1 unspecified atom stereocenters. The second-order valence-corrected chi connectivity index (χ2v) is 8.27. The van der Waals surface area contributed by atoms with Crippen LogP contribution in [0.5, 0.6) is 0 Å². The highest BCUT2D eigenvalue weighted by Crippen LogP contribution is 2.47. The van der Waals surface area contributed by atoms with E-state index in [1.165, 1.54) is 5.56 Å². The summed E-state index contributed by atoms with van der Waals surface area (Å²) in [5.74, 6) is 0.409. The number of amides is 1. The maximum absolute atomic E-state index is 12.7. The Kier molecular flexibility index (Phi) is 4.13. The molecule has 0 aliphatic carbocycles. The molecule has 3 nitrogen and oxygen atoms in total. The van der Waals surface area contributed by atoms with Crippen molar-refractivity contribution in [3.05, 3.63) is 28.2 Å². The van der Waals surface area contributed by atoms with Gasteiger partial charge in [0.05, 0.1) is 5.69 Å². The molecule has 0 spiro atoms. The Labute approximate surface area is 135 Å². The van der Waals surface area contributed by atoms with Crippen LogP contribution in [0.2, 0.25) is 0 Å². The van der Waals surface area contributed by atoms with Crippen molar-refractivity contribution in [2.75, 3.05) is 4.90 Å². The summed E-state index contributed by atoms with van der Waals surface area (Å²) >= 11 is 3.60. The van der Waals surface area contributed by atoms with Gasteiger partial charge in [0.15, 0.2) is 0 Å². The molecule has 21 heavy (non-hydrogen) atoms. The smallest absolute Gasteiger partial charge is 0.415 e. The van der Waals surface area contributed by atoms with E-state index >= 15 is 0 Å². The summed E-state index contributed by atoms with van der Waals surface area (Å²) in [5, 5.41) is 0. The van der Waals surface area contributed by atoms with Crippen LogP contribution in [0.15, 0.2) is 22.7 Å². The molecule has 2 rings (SSSR count). The quantitative estimate of drug-likeness (QED) is 0.618. The van der Waals surface area contributed by atoms with Gasteiger partial charge in [-0.2, -0.15) is 0 Å². The zero-order valence-electron chi connectivity index (χ0n) is 13.7. The van der Waals surface area contributed by atoms with Gasteiger partial charge in [-0.1, -0.05) is 19.1 Å². The number of para-hydroxylation sites is 1. The maximum Gasteiger partial charge on any atom is 0.415 e. The van der Waals surface area contributed by atoms with E-state index in [4.69, 9.17) is 4.74 Å². The lowest BCUT2D eigenvalue weighted by atomic mass is 9.80. The Hall–Kier alpha value is -1.03. The molecule has 0 radical (unpaired) electrons. The van der Waals surface area contributed by atoms with Gasteiger partial charge in [0.2, 0.25) is 0 Å². The summed E-state index contributed by atoms with van der Waals surface area (Å²) in [4.78, 5) is 14.5. The van der Waals surface area contributed by atoms with Crippen LogP contribution in [0.4, 0.5) is 10.5 Å². The Morgan fingerprint density at radius 2 is 2.00 bits per heavy atom. The Bertz CT molecular complexity index is 560. The van der Waals surface area contributed by atoms with Crippen molar-refractivity contribution < 1.29 is 9.53 Å². The number of anilines is 1. The first-order chi connectivity index (χ1) is 9.53. The molecule has 1 aliphatic rings. The normalized spacial score (nSPS) is 20.9. The van der Waals surface area contributed by atoms with Crippen molar-refractivity contribution in [3.8, 4) is 0 Å². The molecule has 1 aromatic carbocycles. The molecule has 0 saturated heterocycles. The van der Waals surface area contributed by atoms with Gasteiger partial charge >= 0.3 is 6.09 Å². The number of hydrogen-bond acceptors (Lipinski definition) is 2. The summed E-state index contributed by atoms with van der Waals surface area (Å²) in [7, 11) is 0. The SMILES string of the molecule is CC1CC(C)(C)N(C(=O)OC(C)(C)C)c2c(Br)cccc21. The van der Waals surface area contributed by atoms with E-state index in [1.54, 1.807) is 4.90 Å². The molecular formula is C17H24BrNO2. The molecule has 1 atom stereocenters. The van der Waals surface area contributed by atoms with Crippen molar-refractivity contribution in [2.24, 2.45) is 0 Å². The maximum atomic E-state index is 12.7. The topological polar surface area (TPSA) is 29.5 Å². The lowest BCUT2D eigenvalue weighted by molar-refractivity contribution is 0.0535. The van der Waals surface area contributed by atoms with Crippen molar-refractivity contribution >= 4 is 27.7 Å². The second-order valence-electron chi connectivity index (χ2n) is 7.41. The van der Waals surface area contributed by atoms with Gasteiger partial charge in [-0.05, 0) is 74.5 Å². The largest absolute Gasteiger partial charge is 0.443 e. The van der Waals surface area contributed by atoms with E-state index in [0.717, 1.165) is 16.6 Å². The van der Waals surface area contributed by atoms with Crippen LogP contribution < -0.4 is 4.90 Å². The zero-order chi connectivity index (χ0) is 16.0. The van der Waals surface area contributed by atoms with Gasteiger partial charge in [0, 0.05) is 10.0 Å². The molecule has 1 aromatic rings. The zero-order valence-corrected chi connectivity index (χ0v) is 15.2. The number of benzene rings is 1. The fourth-order valence-corrected chi connectivity index (χ4v) is 3.62. The minimum Gasteiger partial charge on any atom is -0.443 e. The summed E-state index contributed by atoms with van der Waals surface area (Å²) in [6.07, 6.45) is 0.628.